The van der Waals surface area contributed by atoms with Crippen LogP contribution in [-0.2, 0) is 6.42 Å². The van der Waals surface area contributed by atoms with E-state index in [0.717, 1.165) is 41.0 Å². The van der Waals surface area contributed by atoms with Crippen molar-refractivity contribution in [2.75, 3.05) is 19.6 Å². The van der Waals surface area contributed by atoms with Crippen LogP contribution in [0.15, 0.2) is 33.2 Å². The number of alkyl halides is 1. The summed E-state index contributed by atoms with van der Waals surface area (Å²) in [4.78, 5) is 6.74. The van der Waals surface area contributed by atoms with Crippen LogP contribution >= 0.6 is 15.9 Å². The Morgan fingerprint density at radius 3 is 2.81 bits per heavy atom. The summed E-state index contributed by atoms with van der Waals surface area (Å²) in [6.45, 7) is 4.17. The van der Waals surface area contributed by atoms with E-state index in [1.54, 1.807) is 0 Å². The van der Waals surface area contributed by atoms with Gasteiger partial charge in [-0.05, 0) is 37.6 Å². The molecule has 0 N–H and O–H groups in total. The lowest BCUT2D eigenvalue weighted by atomic mass is 10.2. The van der Waals surface area contributed by atoms with Gasteiger partial charge in [-0.2, -0.15) is 0 Å². The van der Waals surface area contributed by atoms with Gasteiger partial charge in [-0.1, -0.05) is 15.9 Å². The predicted molar refractivity (Wildman–Crippen MR) is 84.0 cm³/mol. The van der Waals surface area contributed by atoms with Crippen molar-refractivity contribution in [3.8, 4) is 11.5 Å². The van der Waals surface area contributed by atoms with Crippen LogP contribution in [0.3, 0.4) is 0 Å². The first kappa shape index (κ1) is 14.7. The number of halogens is 2. The minimum Gasteiger partial charge on any atom is -0.441 e. The van der Waals surface area contributed by atoms with Crippen molar-refractivity contribution in [1.29, 1.82) is 0 Å². The second-order valence-electron chi connectivity index (χ2n) is 5.47. The van der Waals surface area contributed by atoms with E-state index in [1.165, 1.54) is 0 Å². The number of hydrogen-bond acceptors (Lipinski definition) is 3. The highest BCUT2D eigenvalue weighted by Crippen LogP contribution is 2.24. The molecule has 1 fully saturated rings. The highest BCUT2D eigenvalue weighted by molar-refractivity contribution is 9.10. The zero-order chi connectivity index (χ0) is 14.8. The first-order valence-electron chi connectivity index (χ1n) is 7.20. The van der Waals surface area contributed by atoms with Crippen molar-refractivity contribution < 1.29 is 8.81 Å². The summed E-state index contributed by atoms with van der Waals surface area (Å²) >= 11 is 3.42. The van der Waals surface area contributed by atoms with Gasteiger partial charge in [-0.25, -0.2) is 9.37 Å². The molecule has 1 unspecified atom stereocenters. The number of oxazole rings is 1. The first-order valence-corrected chi connectivity index (χ1v) is 8.00. The monoisotopic (exact) mass is 352 g/mol. The lowest BCUT2D eigenvalue weighted by Crippen LogP contribution is -2.23. The van der Waals surface area contributed by atoms with Gasteiger partial charge in [0.15, 0.2) is 0 Å². The molecular weight excluding hydrogens is 335 g/mol. The van der Waals surface area contributed by atoms with Gasteiger partial charge in [0.2, 0.25) is 5.89 Å². The number of nitrogens with zero attached hydrogens (tertiary/aromatic N) is 2. The summed E-state index contributed by atoms with van der Waals surface area (Å²) in [7, 11) is 0. The van der Waals surface area contributed by atoms with Gasteiger partial charge >= 0.3 is 0 Å². The maximum atomic E-state index is 13.2. The van der Waals surface area contributed by atoms with Gasteiger partial charge in [0.25, 0.3) is 0 Å². The van der Waals surface area contributed by atoms with Gasteiger partial charge in [-0.15, -0.1) is 0 Å². The normalized spacial score (nSPS) is 19.3. The molecule has 1 saturated heterocycles. The number of aryl methyl sites for hydroxylation is 1. The largest absolute Gasteiger partial charge is 0.441 e. The molecule has 2 heterocycles. The molecule has 1 aliphatic heterocycles. The molecule has 0 amide bonds. The van der Waals surface area contributed by atoms with Crippen LogP contribution in [-0.4, -0.2) is 35.7 Å². The maximum Gasteiger partial charge on any atom is 0.226 e. The van der Waals surface area contributed by atoms with E-state index in [-0.39, 0.29) is 0 Å². The summed E-state index contributed by atoms with van der Waals surface area (Å²) in [5.41, 5.74) is 1.94. The fourth-order valence-electron chi connectivity index (χ4n) is 2.63. The molecule has 3 rings (SSSR count). The van der Waals surface area contributed by atoms with E-state index in [0.29, 0.717) is 18.9 Å². The van der Waals surface area contributed by atoms with Crippen molar-refractivity contribution in [3.05, 3.63) is 40.2 Å². The third kappa shape index (κ3) is 3.52. The Hall–Kier alpha value is -1.20. The first-order chi connectivity index (χ1) is 10.1. The SMILES string of the molecule is Cc1oc(-c2ccc(Br)cc2)nc1CCN1CCC(F)C1. The molecule has 5 heteroatoms. The number of likely N-dealkylation sites (tertiary alicyclic amines) is 1. The summed E-state index contributed by atoms with van der Waals surface area (Å²) in [5.74, 6) is 1.50. The summed E-state index contributed by atoms with van der Waals surface area (Å²) in [6, 6.07) is 7.90. The maximum absolute atomic E-state index is 13.2. The molecule has 112 valence electrons. The molecule has 21 heavy (non-hydrogen) atoms. The zero-order valence-corrected chi connectivity index (χ0v) is 13.6. The number of hydrogen-bond donors (Lipinski definition) is 0. The van der Waals surface area contributed by atoms with E-state index < -0.39 is 6.17 Å². The van der Waals surface area contributed by atoms with Crippen LogP contribution in [0.5, 0.6) is 0 Å². The topological polar surface area (TPSA) is 29.3 Å². The molecule has 2 aromatic rings. The quantitative estimate of drug-likeness (QED) is 0.832. The Bertz CT molecular complexity index is 611. The van der Waals surface area contributed by atoms with Gasteiger partial charge in [0.05, 0.1) is 5.69 Å². The summed E-state index contributed by atoms with van der Waals surface area (Å²) in [6.07, 6.45) is 0.794. The van der Waals surface area contributed by atoms with E-state index in [1.807, 2.05) is 31.2 Å². The Kier molecular flexibility index (Phi) is 4.40. The Balaban J connectivity index is 1.68. The molecule has 0 saturated carbocycles. The van der Waals surface area contributed by atoms with Crippen molar-refractivity contribution in [2.45, 2.75) is 25.9 Å². The second kappa shape index (κ2) is 6.28. The second-order valence-corrected chi connectivity index (χ2v) is 6.38. The third-order valence-corrected chi connectivity index (χ3v) is 4.39. The standard InChI is InChI=1S/C16H18BrFN2O/c1-11-15(7-9-20-8-6-14(18)10-20)19-16(21-11)12-2-4-13(17)5-3-12/h2-5,14H,6-10H2,1H3. The molecule has 1 atom stereocenters. The fourth-order valence-corrected chi connectivity index (χ4v) is 2.89. The molecule has 0 aliphatic carbocycles. The Morgan fingerprint density at radius 2 is 2.14 bits per heavy atom. The average Bonchev–Trinajstić information content (AvgIpc) is 3.04. The minimum absolute atomic E-state index is 0.552. The predicted octanol–water partition coefficient (Wildman–Crippen LogP) is 4.00. The van der Waals surface area contributed by atoms with Gasteiger partial charge in [0.1, 0.15) is 11.9 Å². The molecule has 3 nitrogen and oxygen atoms in total. The van der Waals surface area contributed by atoms with E-state index >= 15 is 0 Å². The van der Waals surface area contributed by atoms with E-state index in [4.69, 9.17) is 4.42 Å². The minimum atomic E-state index is -0.665. The molecule has 0 radical (unpaired) electrons. The Morgan fingerprint density at radius 1 is 1.38 bits per heavy atom. The zero-order valence-electron chi connectivity index (χ0n) is 12.0. The number of aromatic nitrogens is 1. The number of rotatable bonds is 4. The van der Waals surface area contributed by atoms with E-state index in [9.17, 15) is 4.39 Å². The van der Waals surface area contributed by atoms with Gasteiger partial charge in [0, 0.05) is 36.1 Å². The number of benzene rings is 1. The van der Waals surface area contributed by atoms with Crippen LogP contribution < -0.4 is 0 Å². The molecule has 0 bridgehead atoms. The van der Waals surface area contributed by atoms with Crippen LogP contribution in [0.1, 0.15) is 17.9 Å². The van der Waals surface area contributed by atoms with Crippen LogP contribution in [0.25, 0.3) is 11.5 Å². The van der Waals surface area contributed by atoms with Gasteiger partial charge in [-0.3, -0.25) is 4.90 Å². The van der Waals surface area contributed by atoms with Crippen molar-refractivity contribution >= 4 is 15.9 Å². The highest BCUT2D eigenvalue weighted by Gasteiger charge is 2.22. The lowest BCUT2D eigenvalue weighted by Gasteiger charge is -2.12. The smallest absolute Gasteiger partial charge is 0.226 e. The highest BCUT2D eigenvalue weighted by atomic mass is 79.9. The van der Waals surface area contributed by atoms with Crippen molar-refractivity contribution in [1.82, 2.24) is 9.88 Å². The Labute approximate surface area is 132 Å². The lowest BCUT2D eigenvalue weighted by molar-refractivity contribution is 0.289. The molecule has 1 aliphatic rings. The third-order valence-electron chi connectivity index (χ3n) is 3.86. The molecule has 1 aromatic heterocycles. The molecule has 0 spiro atoms. The van der Waals surface area contributed by atoms with Crippen molar-refractivity contribution in [2.24, 2.45) is 0 Å². The molecule has 1 aromatic carbocycles. The van der Waals surface area contributed by atoms with Crippen LogP contribution in [0.2, 0.25) is 0 Å². The van der Waals surface area contributed by atoms with Crippen LogP contribution in [0, 0.1) is 6.92 Å². The van der Waals surface area contributed by atoms with Crippen molar-refractivity contribution in [3.63, 3.8) is 0 Å². The van der Waals surface area contributed by atoms with E-state index in [2.05, 4.69) is 25.8 Å². The van der Waals surface area contributed by atoms with Gasteiger partial charge < -0.3 is 4.42 Å². The fraction of sp³-hybridized carbons (Fsp3) is 0.438. The summed E-state index contributed by atoms with van der Waals surface area (Å²) < 4.78 is 19.9. The molecular formula is C16H18BrFN2O. The van der Waals surface area contributed by atoms with Crippen LogP contribution in [0.4, 0.5) is 4.39 Å². The summed E-state index contributed by atoms with van der Waals surface area (Å²) in [5, 5.41) is 0. The average molecular weight is 353 g/mol.